The minimum Gasteiger partial charge on any atom is -0.379 e. The fraction of sp³-hybridized carbons (Fsp3) is 0.684. The molecule has 3 fully saturated rings. The lowest BCUT2D eigenvalue weighted by Crippen LogP contribution is -2.48. The van der Waals surface area contributed by atoms with E-state index in [-0.39, 0.29) is 0 Å². The van der Waals surface area contributed by atoms with Crippen LogP contribution in [0, 0.1) is 0 Å². The number of nitrogens with zero attached hydrogens (tertiary/aromatic N) is 1. The number of morpholine rings is 1. The third-order valence-electron chi connectivity index (χ3n) is 5.82. The summed E-state index contributed by atoms with van der Waals surface area (Å²) >= 11 is 0. The van der Waals surface area contributed by atoms with E-state index in [1.807, 2.05) is 0 Å². The second-order valence-corrected chi connectivity index (χ2v) is 7.25. The Morgan fingerprint density at radius 3 is 2.27 bits per heavy atom. The predicted molar refractivity (Wildman–Crippen MR) is 88.9 cm³/mol. The van der Waals surface area contributed by atoms with Gasteiger partial charge in [0.1, 0.15) is 0 Å². The Labute approximate surface area is 134 Å². The molecule has 0 unspecified atom stereocenters. The third-order valence-corrected chi connectivity index (χ3v) is 5.82. The summed E-state index contributed by atoms with van der Waals surface area (Å²) in [5.74, 6) is 0. The van der Waals surface area contributed by atoms with Crippen LogP contribution in [-0.2, 0) is 10.3 Å². The largest absolute Gasteiger partial charge is 0.379 e. The van der Waals surface area contributed by atoms with Gasteiger partial charge in [0.05, 0.1) is 13.2 Å². The Morgan fingerprint density at radius 2 is 1.64 bits per heavy atom. The molecule has 0 aromatic heterocycles. The first-order chi connectivity index (χ1) is 10.9. The zero-order valence-corrected chi connectivity index (χ0v) is 13.5. The summed E-state index contributed by atoms with van der Waals surface area (Å²) in [7, 11) is 0. The predicted octanol–water partition coefficient (Wildman–Crippen LogP) is 2.91. The summed E-state index contributed by atoms with van der Waals surface area (Å²) in [6.07, 6.45) is 7.97. The van der Waals surface area contributed by atoms with Gasteiger partial charge in [-0.1, -0.05) is 30.3 Å². The molecule has 0 radical (unpaired) electrons. The second-order valence-electron chi connectivity index (χ2n) is 7.25. The van der Waals surface area contributed by atoms with E-state index in [4.69, 9.17) is 4.74 Å². The zero-order chi connectivity index (χ0) is 14.8. The van der Waals surface area contributed by atoms with Crippen molar-refractivity contribution in [3.8, 4) is 0 Å². The van der Waals surface area contributed by atoms with E-state index >= 15 is 0 Å². The van der Waals surface area contributed by atoms with Crippen LogP contribution in [-0.4, -0.2) is 43.3 Å². The lowest BCUT2D eigenvalue weighted by molar-refractivity contribution is 0.00614. The third kappa shape index (κ3) is 3.08. The lowest BCUT2D eigenvalue weighted by Gasteiger charge is -2.40. The van der Waals surface area contributed by atoms with Crippen LogP contribution in [0.1, 0.15) is 44.1 Å². The molecule has 1 aliphatic heterocycles. The van der Waals surface area contributed by atoms with Crippen molar-refractivity contribution in [3.05, 3.63) is 35.9 Å². The Kier molecular flexibility index (Phi) is 4.21. The summed E-state index contributed by atoms with van der Waals surface area (Å²) < 4.78 is 5.48. The molecule has 1 saturated heterocycles. The van der Waals surface area contributed by atoms with Gasteiger partial charge in [-0.2, -0.15) is 0 Å². The summed E-state index contributed by atoms with van der Waals surface area (Å²) in [6.45, 7) is 4.12. The van der Waals surface area contributed by atoms with Gasteiger partial charge in [0.2, 0.25) is 0 Å². The van der Waals surface area contributed by atoms with Crippen molar-refractivity contribution in [2.75, 3.05) is 26.3 Å². The summed E-state index contributed by atoms with van der Waals surface area (Å²) in [5, 5.41) is 4.00. The molecule has 120 valence electrons. The van der Waals surface area contributed by atoms with Crippen LogP contribution in [0.4, 0.5) is 0 Å². The molecule has 4 rings (SSSR count). The molecule has 1 heterocycles. The fourth-order valence-corrected chi connectivity index (χ4v) is 4.32. The van der Waals surface area contributed by atoms with Crippen LogP contribution in [0.25, 0.3) is 0 Å². The maximum absolute atomic E-state index is 5.48. The minimum absolute atomic E-state index is 0.303. The first-order valence-electron chi connectivity index (χ1n) is 9.01. The Hall–Kier alpha value is -0.900. The normalized spacial score (nSPS) is 31.8. The fourth-order valence-electron chi connectivity index (χ4n) is 4.32. The maximum Gasteiger partial charge on any atom is 0.0594 e. The average molecular weight is 300 g/mol. The first-order valence-corrected chi connectivity index (χ1v) is 9.01. The number of ether oxygens (including phenoxy) is 1. The minimum atomic E-state index is 0.303. The zero-order valence-electron chi connectivity index (χ0n) is 13.5. The summed E-state index contributed by atoms with van der Waals surface area (Å²) in [6, 6.07) is 12.6. The highest BCUT2D eigenvalue weighted by Crippen LogP contribution is 2.46. The van der Waals surface area contributed by atoms with Gasteiger partial charge in [-0.05, 0) is 44.1 Å². The van der Waals surface area contributed by atoms with Crippen molar-refractivity contribution < 1.29 is 4.74 Å². The van der Waals surface area contributed by atoms with Crippen molar-refractivity contribution in [2.45, 2.75) is 56.1 Å². The molecule has 0 bridgehead atoms. The van der Waals surface area contributed by atoms with Crippen LogP contribution < -0.4 is 5.32 Å². The molecule has 3 heteroatoms. The highest BCUT2D eigenvalue weighted by molar-refractivity contribution is 5.30. The van der Waals surface area contributed by atoms with E-state index in [0.29, 0.717) is 11.6 Å². The number of benzene rings is 1. The molecule has 2 saturated carbocycles. The SMILES string of the molecule is c1ccc(C2(NC3CCC(N4CCOCC4)CC3)CC2)cc1. The van der Waals surface area contributed by atoms with Gasteiger partial charge < -0.3 is 10.1 Å². The molecule has 1 aromatic carbocycles. The Morgan fingerprint density at radius 1 is 0.955 bits per heavy atom. The standard InChI is InChI=1S/C19H28N2O/c1-2-4-16(5-3-1)19(10-11-19)20-17-6-8-18(9-7-17)21-12-14-22-15-13-21/h1-5,17-18,20H,6-15H2. The summed E-state index contributed by atoms with van der Waals surface area (Å²) in [4.78, 5) is 2.66. The van der Waals surface area contributed by atoms with Crippen molar-refractivity contribution in [1.82, 2.24) is 10.2 Å². The van der Waals surface area contributed by atoms with E-state index in [2.05, 4.69) is 40.5 Å². The van der Waals surface area contributed by atoms with Gasteiger partial charge in [0, 0.05) is 30.7 Å². The van der Waals surface area contributed by atoms with Crippen LogP contribution in [0.2, 0.25) is 0 Å². The van der Waals surface area contributed by atoms with E-state index in [1.165, 1.54) is 44.1 Å². The molecule has 1 aromatic rings. The topological polar surface area (TPSA) is 24.5 Å². The molecular weight excluding hydrogens is 272 g/mol. The van der Waals surface area contributed by atoms with Gasteiger partial charge in [-0.3, -0.25) is 4.90 Å². The lowest BCUT2D eigenvalue weighted by atomic mass is 9.88. The highest BCUT2D eigenvalue weighted by Gasteiger charge is 2.45. The van der Waals surface area contributed by atoms with E-state index in [0.717, 1.165) is 32.3 Å². The van der Waals surface area contributed by atoms with Gasteiger partial charge in [0.15, 0.2) is 0 Å². The highest BCUT2D eigenvalue weighted by atomic mass is 16.5. The van der Waals surface area contributed by atoms with Crippen LogP contribution in [0.15, 0.2) is 30.3 Å². The first kappa shape index (κ1) is 14.7. The van der Waals surface area contributed by atoms with E-state index in [1.54, 1.807) is 0 Å². The quantitative estimate of drug-likeness (QED) is 0.925. The molecule has 1 N–H and O–H groups in total. The van der Waals surface area contributed by atoms with E-state index in [9.17, 15) is 0 Å². The molecular formula is C19H28N2O. The Balaban J connectivity index is 1.31. The second kappa shape index (κ2) is 6.31. The van der Waals surface area contributed by atoms with Crippen LogP contribution in [0.3, 0.4) is 0 Å². The average Bonchev–Trinajstić information content (AvgIpc) is 3.38. The number of hydrogen-bond donors (Lipinski definition) is 1. The van der Waals surface area contributed by atoms with Gasteiger partial charge in [0.25, 0.3) is 0 Å². The molecule has 0 spiro atoms. The van der Waals surface area contributed by atoms with Crippen LogP contribution >= 0.6 is 0 Å². The van der Waals surface area contributed by atoms with Crippen molar-refractivity contribution in [3.63, 3.8) is 0 Å². The molecule has 0 amide bonds. The monoisotopic (exact) mass is 300 g/mol. The van der Waals surface area contributed by atoms with Gasteiger partial charge >= 0.3 is 0 Å². The van der Waals surface area contributed by atoms with Gasteiger partial charge in [-0.15, -0.1) is 0 Å². The number of hydrogen-bond acceptors (Lipinski definition) is 3. The Bertz CT molecular complexity index is 471. The molecule has 0 atom stereocenters. The molecule has 2 aliphatic carbocycles. The molecule has 22 heavy (non-hydrogen) atoms. The summed E-state index contributed by atoms with van der Waals surface area (Å²) in [5.41, 5.74) is 1.79. The number of nitrogens with one attached hydrogen (secondary N) is 1. The molecule has 3 aliphatic rings. The maximum atomic E-state index is 5.48. The van der Waals surface area contributed by atoms with Crippen LogP contribution in [0.5, 0.6) is 0 Å². The smallest absolute Gasteiger partial charge is 0.0594 e. The van der Waals surface area contributed by atoms with Crippen molar-refractivity contribution in [1.29, 1.82) is 0 Å². The number of rotatable bonds is 4. The van der Waals surface area contributed by atoms with Gasteiger partial charge in [-0.25, -0.2) is 0 Å². The van der Waals surface area contributed by atoms with E-state index < -0.39 is 0 Å². The van der Waals surface area contributed by atoms with Crippen molar-refractivity contribution >= 4 is 0 Å². The van der Waals surface area contributed by atoms with Crippen molar-refractivity contribution in [2.24, 2.45) is 0 Å². The molecule has 3 nitrogen and oxygen atoms in total.